The van der Waals surface area contributed by atoms with Crippen molar-refractivity contribution >= 4 is 0 Å². The van der Waals surface area contributed by atoms with Gasteiger partial charge in [0.2, 0.25) is 0 Å². The van der Waals surface area contributed by atoms with Gasteiger partial charge in [0, 0.05) is 19.1 Å². The molecule has 0 fully saturated rings. The Labute approximate surface area is 102 Å². The van der Waals surface area contributed by atoms with E-state index in [4.69, 9.17) is 10.5 Å². The van der Waals surface area contributed by atoms with Crippen LogP contribution in [0.25, 0.3) is 0 Å². The van der Waals surface area contributed by atoms with Gasteiger partial charge in [-0.25, -0.2) is 0 Å². The summed E-state index contributed by atoms with van der Waals surface area (Å²) in [6, 6.07) is -0.138. The lowest BCUT2D eigenvalue weighted by atomic mass is 9.84. The second-order valence-electron chi connectivity index (χ2n) is 5.45. The summed E-state index contributed by atoms with van der Waals surface area (Å²) < 4.78 is 41.4. The lowest BCUT2D eigenvalue weighted by molar-refractivity contribution is -0.140. The highest BCUT2D eigenvalue weighted by Crippen LogP contribution is 2.27. The Morgan fingerprint density at radius 2 is 1.71 bits per heavy atom. The first-order valence-electron chi connectivity index (χ1n) is 6.02. The normalized spacial score (nSPS) is 16.9. The van der Waals surface area contributed by atoms with Crippen molar-refractivity contribution in [2.75, 3.05) is 6.61 Å². The van der Waals surface area contributed by atoms with Crippen LogP contribution in [0.3, 0.4) is 0 Å². The van der Waals surface area contributed by atoms with Crippen LogP contribution in [0.2, 0.25) is 0 Å². The minimum absolute atomic E-state index is 0.00743. The molecule has 17 heavy (non-hydrogen) atoms. The molecule has 0 bridgehead atoms. The van der Waals surface area contributed by atoms with Crippen LogP contribution in [0.1, 0.15) is 47.0 Å². The van der Waals surface area contributed by atoms with Gasteiger partial charge in [0.15, 0.2) is 0 Å². The van der Waals surface area contributed by atoms with Gasteiger partial charge in [-0.05, 0) is 18.3 Å². The number of nitrogens with two attached hydrogens (primary N) is 1. The van der Waals surface area contributed by atoms with Crippen LogP contribution in [-0.2, 0) is 4.74 Å². The van der Waals surface area contributed by atoms with Gasteiger partial charge in [0.1, 0.15) is 0 Å². The molecule has 0 aliphatic heterocycles. The van der Waals surface area contributed by atoms with Crippen molar-refractivity contribution in [2.24, 2.45) is 11.1 Å². The van der Waals surface area contributed by atoms with Crippen LogP contribution >= 0.6 is 0 Å². The summed E-state index contributed by atoms with van der Waals surface area (Å²) in [6.45, 7) is 8.00. The first-order valence-corrected chi connectivity index (χ1v) is 6.02. The van der Waals surface area contributed by atoms with Gasteiger partial charge in [0.05, 0.1) is 6.10 Å². The van der Waals surface area contributed by atoms with E-state index in [9.17, 15) is 13.2 Å². The molecular weight excluding hydrogens is 231 g/mol. The van der Waals surface area contributed by atoms with Crippen molar-refractivity contribution in [3.05, 3.63) is 0 Å². The van der Waals surface area contributed by atoms with Crippen LogP contribution in [-0.4, -0.2) is 24.9 Å². The van der Waals surface area contributed by atoms with Crippen LogP contribution in [0, 0.1) is 5.41 Å². The fraction of sp³-hybridized carbons (Fsp3) is 1.00. The lowest BCUT2D eigenvalue weighted by Gasteiger charge is -2.34. The Balaban J connectivity index is 4.11. The lowest BCUT2D eigenvalue weighted by Crippen LogP contribution is -2.45. The second kappa shape index (κ2) is 6.59. The number of halogens is 3. The Morgan fingerprint density at radius 1 is 1.18 bits per heavy atom. The predicted molar refractivity (Wildman–Crippen MR) is 62.8 cm³/mol. The Hall–Kier alpha value is -0.290. The van der Waals surface area contributed by atoms with E-state index in [0.29, 0.717) is 0 Å². The molecule has 2 atom stereocenters. The Bertz CT molecular complexity index is 211. The van der Waals surface area contributed by atoms with Gasteiger partial charge >= 0.3 is 6.18 Å². The number of alkyl halides is 3. The number of rotatable bonds is 6. The van der Waals surface area contributed by atoms with E-state index >= 15 is 0 Å². The monoisotopic (exact) mass is 255 g/mol. The van der Waals surface area contributed by atoms with Crippen molar-refractivity contribution in [1.29, 1.82) is 0 Å². The molecule has 5 heteroatoms. The van der Waals surface area contributed by atoms with Crippen molar-refractivity contribution in [2.45, 2.75) is 65.3 Å². The van der Waals surface area contributed by atoms with Gasteiger partial charge in [0.25, 0.3) is 0 Å². The maximum atomic E-state index is 12.0. The van der Waals surface area contributed by atoms with E-state index < -0.39 is 12.6 Å². The molecule has 2 nitrogen and oxygen atoms in total. The third-order valence-corrected chi connectivity index (χ3v) is 2.62. The molecule has 2 N–H and O–H groups in total. The molecule has 2 unspecified atom stereocenters. The SMILES string of the molecule is CCC(N)C(OCCCC(F)(F)F)C(C)(C)C. The van der Waals surface area contributed by atoms with Gasteiger partial charge in [-0.3, -0.25) is 0 Å². The summed E-state index contributed by atoms with van der Waals surface area (Å²) in [5, 5.41) is 0. The van der Waals surface area contributed by atoms with Gasteiger partial charge in [-0.1, -0.05) is 27.7 Å². The topological polar surface area (TPSA) is 35.2 Å². The van der Waals surface area contributed by atoms with E-state index in [2.05, 4.69) is 0 Å². The molecule has 0 radical (unpaired) electrons. The molecule has 0 rings (SSSR count). The summed E-state index contributed by atoms with van der Waals surface area (Å²) in [6.07, 6.45) is -4.37. The van der Waals surface area contributed by atoms with Crippen LogP contribution < -0.4 is 5.73 Å². The molecule has 0 aromatic heterocycles. The first-order chi connectivity index (χ1) is 7.58. The fourth-order valence-electron chi connectivity index (χ4n) is 1.71. The van der Waals surface area contributed by atoms with E-state index in [1.807, 2.05) is 27.7 Å². The number of hydrogen-bond donors (Lipinski definition) is 1. The largest absolute Gasteiger partial charge is 0.389 e. The maximum Gasteiger partial charge on any atom is 0.389 e. The zero-order valence-corrected chi connectivity index (χ0v) is 11.1. The highest BCUT2D eigenvalue weighted by molar-refractivity contribution is 4.83. The molecule has 0 saturated heterocycles. The zero-order valence-electron chi connectivity index (χ0n) is 11.1. The van der Waals surface area contributed by atoms with Crippen molar-refractivity contribution < 1.29 is 17.9 Å². The van der Waals surface area contributed by atoms with Crippen LogP contribution in [0.4, 0.5) is 13.2 Å². The average molecular weight is 255 g/mol. The molecule has 0 spiro atoms. The Morgan fingerprint density at radius 3 is 2.06 bits per heavy atom. The summed E-state index contributed by atoms with van der Waals surface area (Å²) >= 11 is 0. The maximum absolute atomic E-state index is 12.0. The molecule has 104 valence electrons. The number of hydrogen-bond acceptors (Lipinski definition) is 2. The van der Waals surface area contributed by atoms with Crippen LogP contribution in [0.15, 0.2) is 0 Å². The fourth-order valence-corrected chi connectivity index (χ4v) is 1.71. The molecule has 0 aromatic rings. The average Bonchev–Trinajstić information content (AvgIpc) is 2.13. The van der Waals surface area contributed by atoms with E-state index in [1.54, 1.807) is 0 Å². The third-order valence-electron chi connectivity index (χ3n) is 2.62. The smallest absolute Gasteiger partial charge is 0.376 e. The third kappa shape index (κ3) is 7.60. The van der Waals surface area contributed by atoms with Gasteiger partial charge < -0.3 is 10.5 Å². The second-order valence-corrected chi connectivity index (χ2v) is 5.45. The van der Waals surface area contributed by atoms with Gasteiger partial charge in [-0.15, -0.1) is 0 Å². The molecular formula is C12H24F3NO. The van der Waals surface area contributed by atoms with Crippen molar-refractivity contribution in [3.8, 4) is 0 Å². The molecule has 0 aliphatic rings. The molecule has 0 aliphatic carbocycles. The van der Waals surface area contributed by atoms with E-state index in [-0.39, 0.29) is 30.6 Å². The van der Waals surface area contributed by atoms with Crippen molar-refractivity contribution in [3.63, 3.8) is 0 Å². The highest BCUT2D eigenvalue weighted by atomic mass is 19.4. The molecule has 0 saturated carbocycles. The number of ether oxygens (including phenoxy) is 1. The summed E-state index contributed by atoms with van der Waals surface area (Å²) in [7, 11) is 0. The molecule has 0 heterocycles. The quantitative estimate of drug-likeness (QED) is 0.737. The summed E-state index contributed by atoms with van der Waals surface area (Å²) in [4.78, 5) is 0. The van der Waals surface area contributed by atoms with Crippen LogP contribution in [0.5, 0.6) is 0 Å². The molecule has 0 amide bonds. The summed E-state index contributed by atoms with van der Waals surface area (Å²) in [5.74, 6) is 0. The van der Waals surface area contributed by atoms with Gasteiger partial charge in [-0.2, -0.15) is 13.2 Å². The zero-order chi connectivity index (χ0) is 13.7. The predicted octanol–water partition coefficient (Wildman–Crippen LogP) is 3.50. The highest BCUT2D eigenvalue weighted by Gasteiger charge is 2.31. The molecule has 0 aromatic carbocycles. The van der Waals surface area contributed by atoms with E-state index in [0.717, 1.165) is 6.42 Å². The minimum atomic E-state index is -4.10. The van der Waals surface area contributed by atoms with E-state index in [1.165, 1.54) is 0 Å². The first kappa shape index (κ1) is 16.7. The standard InChI is InChI=1S/C12H24F3NO/c1-5-9(16)10(11(2,3)4)17-8-6-7-12(13,14)15/h9-10H,5-8,16H2,1-4H3. The van der Waals surface area contributed by atoms with Crippen molar-refractivity contribution in [1.82, 2.24) is 0 Å². The summed E-state index contributed by atoms with van der Waals surface area (Å²) in [5.41, 5.74) is 5.77. The Kier molecular flexibility index (Phi) is 6.48. The minimum Gasteiger partial charge on any atom is -0.376 e.